The molecule has 2 heteroatoms. The van der Waals surface area contributed by atoms with Crippen molar-refractivity contribution in [2.75, 3.05) is 0 Å². The monoisotopic (exact) mass is 180 g/mol. The van der Waals surface area contributed by atoms with Crippen molar-refractivity contribution in [3.05, 3.63) is 30.3 Å². The first-order chi connectivity index (χ1) is 4.93. The number of hydrogen-bond acceptors (Lipinski definition) is 1. The summed E-state index contributed by atoms with van der Waals surface area (Å²) in [6.07, 6.45) is 1.81. The Balaban J connectivity index is 2.76. The molecule has 0 radical (unpaired) electrons. The fourth-order valence-electron chi connectivity index (χ4n) is 0.597. The molecule has 0 unspecified atom stereocenters. The third-order valence-electron chi connectivity index (χ3n) is 1.01. The van der Waals surface area contributed by atoms with Crippen molar-refractivity contribution in [3.63, 3.8) is 0 Å². The molecule has 0 bridgehead atoms. The average molecular weight is 182 g/mol. The molecule has 0 saturated heterocycles. The van der Waals surface area contributed by atoms with Gasteiger partial charge in [0.05, 0.1) is 0 Å². The summed E-state index contributed by atoms with van der Waals surface area (Å²) < 4.78 is 2.01. The first-order valence-corrected chi connectivity index (χ1v) is 4.76. The number of hydrogen-bond donors (Lipinski definition) is 0. The van der Waals surface area contributed by atoms with Gasteiger partial charge in [-0.3, -0.25) is 0 Å². The van der Waals surface area contributed by atoms with Gasteiger partial charge in [-0.25, -0.2) is 0 Å². The molecule has 0 spiro atoms. The van der Waals surface area contributed by atoms with Crippen molar-refractivity contribution < 1.29 is 17.9 Å². The van der Waals surface area contributed by atoms with E-state index in [1.165, 1.54) is 0 Å². The van der Waals surface area contributed by atoms with Crippen LogP contribution in [0.2, 0.25) is 0 Å². The second-order valence-corrected chi connectivity index (χ2v) is 2.75. The van der Waals surface area contributed by atoms with E-state index in [0.717, 1.165) is 23.5 Å². The van der Waals surface area contributed by atoms with E-state index in [1.54, 1.807) is 0 Å². The van der Waals surface area contributed by atoms with Gasteiger partial charge in [-0.2, -0.15) is 0 Å². The molecule has 1 rings (SSSR count). The normalized spacial score (nSPS) is 10.2. The van der Waals surface area contributed by atoms with Crippen LogP contribution < -0.4 is 0 Å². The quantitative estimate of drug-likeness (QED) is 0.373. The molecule has 0 amide bonds. The molecule has 0 heterocycles. The average Bonchev–Trinajstić information content (AvgIpc) is 2.03. The number of nitrogens with zero attached hydrogens (tertiary/aromatic N) is 1. The summed E-state index contributed by atoms with van der Waals surface area (Å²) in [7, 11) is 0. The van der Waals surface area contributed by atoms with Crippen molar-refractivity contribution in [3.8, 4) is 0 Å². The van der Waals surface area contributed by atoms with Crippen molar-refractivity contribution >= 4 is 16.5 Å². The summed E-state index contributed by atoms with van der Waals surface area (Å²) in [6.45, 7) is 0. The molecular formula is C8H6NZn-. The van der Waals surface area contributed by atoms with Crippen LogP contribution in [0.5, 0.6) is 0 Å². The maximum atomic E-state index is 4.12. The number of benzene rings is 1. The van der Waals surface area contributed by atoms with Crippen LogP contribution in [0.15, 0.2) is 29.3 Å². The summed E-state index contributed by atoms with van der Waals surface area (Å²) in [4.78, 5) is 4.12. The van der Waals surface area contributed by atoms with Crippen molar-refractivity contribution in [2.24, 2.45) is 4.99 Å². The predicted molar refractivity (Wildman–Crippen MR) is 39.5 cm³/mol. The number of para-hydroxylation sites is 1. The molecule has 0 fully saturated rings. The molecule has 0 aliphatic carbocycles. The topological polar surface area (TPSA) is 12.4 Å². The van der Waals surface area contributed by atoms with Crippen molar-refractivity contribution in [1.82, 2.24) is 0 Å². The standard InChI is InChI=1S/C8H6N.Zn/c1-2-9-8-6-4-3-5-7-8;/h1-6H;/q-1;. The Morgan fingerprint density at radius 1 is 1.50 bits per heavy atom. The van der Waals surface area contributed by atoms with E-state index in [9.17, 15) is 0 Å². The van der Waals surface area contributed by atoms with E-state index >= 15 is 0 Å². The number of aliphatic imine (C=N–C) groups is 1. The van der Waals surface area contributed by atoms with Crippen LogP contribution in [0.3, 0.4) is 0 Å². The second kappa shape index (κ2) is 4.24. The van der Waals surface area contributed by atoms with Crippen LogP contribution in [0, 0.1) is 6.07 Å². The molecule has 0 atom stereocenters. The van der Waals surface area contributed by atoms with Gasteiger partial charge in [0, 0.05) is 0 Å². The Labute approximate surface area is 70.0 Å². The van der Waals surface area contributed by atoms with Gasteiger partial charge in [0.2, 0.25) is 0 Å². The molecule has 0 aliphatic rings. The molecule has 1 aromatic carbocycles. The molecule has 46 valence electrons. The van der Waals surface area contributed by atoms with Gasteiger partial charge in [0.1, 0.15) is 0 Å². The molecule has 1 aromatic rings. The van der Waals surface area contributed by atoms with Gasteiger partial charge in [0.15, 0.2) is 0 Å². The summed E-state index contributed by atoms with van der Waals surface area (Å²) in [5.41, 5.74) is 0.896. The molecule has 0 aliphatic heterocycles. The molecule has 0 aromatic heterocycles. The minimum absolute atomic E-state index is 0.896. The van der Waals surface area contributed by atoms with E-state index < -0.39 is 0 Å². The zero-order chi connectivity index (χ0) is 7.23. The third kappa shape index (κ3) is 2.32. The first kappa shape index (κ1) is 7.49. The van der Waals surface area contributed by atoms with E-state index in [0.29, 0.717) is 0 Å². The van der Waals surface area contributed by atoms with Crippen LogP contribution in [-0.2, 0) is 17.9 Å². The molecule has 10 heavy (non-hydrogen) atoms. The fourth-order valence-corrected chi connectivity index (χ4v) is 0.818. The summed E-state index contributed by atoms with van der Waals surface area (Å²) in [6, 6.07) is 10.7. The maximum absolute atomic E-state index is 4.12. The molecule has 0 saturated carbocycles. The Morgan fingerprint density at radius 3 is 3.00 bits per heavy atom. The van der Waals surface area contributed by atoms with Crippen LogP contribution in [-0.4, -0.2) is 10.8 Å². The predicted octanol–water partition coefficient (Wildman–Crippen LogP) is 1.54. The summed E-state index contributed by atoms with van der Waals surface area (Å²) in [5.74, 6) is 0. The van der Waals surface area contributed by atoms with Crippen LogP contribution in [0.25, 0.3) is 0 Å². The number of rotatable bonds is 2. The molecule has 0 N–H and O–H groups in total. The van der Waals surface area contributed by atoms with Gasteiger partial charge < -0.3 is 0 Å². The van der Waals surface area contributed by atoms with Crippen molar-refractivity contribution in [1.29, 1.82) is 0 Å². The van der Waals surface area contributed by atoms with E-state index in [1.807, 2.05) is 35.1 Å². The van der Waals surface area contributed by atoms with Crippen molar-refractivity contribution in [2.45, 2.75) is 0 Å². The van der Waals surface area contributed by atoms with Gasteiger partial charge in [-0.1, -0.05) is 0 Å². The molecule has 1 nitrogen and oxygen atoms in total. The van der Waals surface area contributed by atoms with E-state index in [-0.39, 0.29) is 0 Å². The zero-order valence-electron chi connectivity index (χ0n) is 5.62. The Morgan fingerprint density at radius 2 is 2.40 bits per heavy atom. The van der Waals surface area contributed by atoms with Crippen LogP contribution >= 0.6 is 0 Å². The Bertz CT molecular complexity index is 228. The van der Waals surface area contributed by atoms with Gasteiger partial charge >= 0.3 is 69.7 Å². The first-order valence-electron chi connectivity index (χ1n) is 3.05. The van der Waals surface area contributed by atoms with E-state index in [2.05, 4.69) is 11.1 Å². The Kier molecular flexibility index (Phi) is 3.17. The Hall–Kier alpha value is -0.617. The SMILES string of the molecule is [Zn]=[CH]C=Nc1[c-]cccc1. The van der Waals surface area contributed by atoms with Crippen LogP contribution in [0.4, 0.5) is 5.69 Å². The van der Waals surface area contributed by atoms with Gasteiger partial charge in [-0.15, -0.1) is 0 Å². The molecular weight excluding hydrogens is 175 g/mol. The summed E-state index contributed by atoms with van der Waals surface area (Å²) in [5, 5.41) is 0. The van der Waals surface area contributed by atoms with Gasteiger partial charge in [-0.05, 0) is 0 Å². The van der Waals surface area contributed by atoms with E-state index in [4.69, 9.17) is 0 Å². The van der Waals surface area contributed by atoms with Crippen LogP contribution in [0.1, 0.15) is 0 Å². The minimum atomic E-state index is 0.896. The summed E-state index contributed by atoms with van der Waals surface area (Å²) >= 11 is 1.15. The second-order valence-electron chi connectivity index (χ2n) is 1.76. The zero-order valence-corrected chi connectivity index (χ0v) is 8.59. The fraction of sp³-hybridized carbons (Fsp3) is 0. The third-order valence-corrected chi connectivity index (χ3v) is 1.45. The van der Waals surface area contributed by atoms with Gasteiger partial charge in [0.25, 0.3) is 0 Å².